The van der Waals surface area contributed by atoms with E-state index in [-0.39, 0.29) is 5.69 Å². The van der Waals surface area contributed by atoms with Crippen LogP contribution in [0.5, 0.6) is 0 Å². The highest BCUT2D eigenvalue weighted by Gasteiger charge is 2.43. The van der Waals surface area contributed by atoms with Crippen LogP contribution >= 0.6 is 0 Å². The number of aliphatic hydroxyl groups is 3. The number of hydrogen-bond donors (Lipinski definition) is 5. The summed E-state index contributed by atoms with van der Waals surface area (Å²) in [4.78, 5) is 24.6. The first-order valence-electron chi connectivity index (χ1n) is 5.19. The molecule has 0 amide bonds. The normalized spacial score (nSPS) is 31.7. The molecule has 1 fully saturated rings. The molecule has 6 N–H and O–H groups in total. The number of ether oxygens (including phenoxy) is 1. The summed E-state index contributed by atoms with van der Waals surface area (Å²) >= 11 is 0. The molecule has 0 spiro atoms. The number of aromatic amines is 1. The minimum Gasteiger partial charge on any atom is -0.394 e. The first kappa shape index (κ1) is 12.8. The minimum absolute atomic E-state index is 0.229. The van der Waals surface area contributed by atoms with Gasteiger partial charge in [0, 0.05) is 6.20 Å². The van der Waals surface area contributed by atoms with Crippen molar-refractivity contribution in [3.05, 3.63) is 27.0 Å². The number of aromatic nitrogens is 2. The molecule has 1 saturated heterocycles. The molecule has 9 nitrogen and oxygen atoms in total. The number of aliphatic hydroxyl groups excluding tert-OH is 3. The third-order valence-corrected chi connectivity index (χ3v) is 2.79. The summed E-state index contributed by atoms with van der Waals surface area (Å²) in [5.41, 5.74) is 3.55. The fourth-order valence-corrected chi connectivity index (χ4v) is 1.80. The van der Waals surface area contributed by atoms with E-state index in [1.54, 1.807) is 0 Å². The topological polar surface area (TPSA) is 151 Å². The molecule has 1 aliphatic heterocycles. The highest BCUT2D eigenvalue weighted by molar-refractivity contribution is 5.30. The van der Waals surface area contributed by atoms with Crippen molar-refractivity contribution in [3.63, 3.8) is 0 Å². The maximum absolute atomic E-state index is 11.5. The molecule has 1 aromatic rings. The molecule has 0 aliphatic carbocycles. The molecule has 100 valence electrons. The van der Waals surface area contributed by atoms with Crippen LogP contribution in [0.2, 0.25) is 0 Å². The third kappa shape index (κ3) is 1.93. The molecule has 18 heavy (non-hydrogen) atoms. The van der Waals surface area contributed by atoms with Crippen LogP contribution in [0.15, 0.2) is 15.8 Å². The van der Waals surface area contributed by atoms with E-state index < -0.39 is 42.4 Å². The van der Waals surface area contributed by atoms with Gasteiger partial charge in [-0.25, -0.2) is 4.79 Å². The second-order valence-corrected chi connectivity index (χ2v) is 3.98. The van der Waals surface area contributed by atoms with Crippen LogP contribution in [0.1, 0.15) is 6.23 Å². The van der Waals surface area contributed by atoms with Crippen molar-refractivity contribution in [2.75, 3.05) is 12.3 Å². The number of rotatable bonds is 2. The summed E-state index contributed by atoms with van der Waals surface area (Å²) in [7, 11) is 0. The molecule has 4 atom stereocenters. The number of nitrogens with zero attached hydrogens (tertiary/aromatic N) is 1. The van der Waals surface area contributed by atoms with E-state index in [1.807, 2.05) is 4.98 Å². The molecule has 0 bridgehead atoms. The van der Waals surface area contributed by atoms with Crippen molar-refractivity contribution >= 4 is 5.69 Å². The maximum atomic E-state index is 11.5. The lowest BCUT2D eigenvalue weighted by molar-refractivity contribution is -0.0549. The number of anilines is 1. The first-order valence-corrected chi connectivity index (χ1v) is 5.19. The van der Waals surface area contributed by atoms with Crippen LogP contribution < -0.4 is 17.0 Å². The third-order valence-electron chi connectivity index (χ3n) is 2.79. The van der Waals surface area contributed by atoms with Crippen molar-refractivity contribution in [1.82, 2.24) is 9.55 Å². The van der Waals surface area contributed by atoms with Gasteiger partial charge in [-0.1, -0.05) is 0 Å². The summed E-state index contributed by atoms with van der Waals surface area (Å²) in [5.74, 6) is 0. The second-order valence-electron chi connectivity index (χ2n) is 3.98. The van der Waals surface area contributed by atoms with E-state index in [2.05, 4.69) is 0 Å². The standard InChI is InChI=1S/C9H13N3O6/c10-3-1-12(9(17)11-7(3)16)8-6(15)5(14)4(2-13)18-8/h1,4-6,8,13-15H,2,10H2,(H,11,16,17)/t4-,5+,6-,8+/m0/s1. The Morgan fingerprint density at radius 2 is 2.06 bits per heavy atom. The lowest BCUT2D eigenvalue weighted by atomic mass is 10.1. The van der Waals surface area contributed by atoms with Gasteiger partial charge in [-0.2, -0.15) is 0 Å². The van der Waals surface area contributed by atoms with Gasteiger partial charge < -0.3 is 25.8 Å². The smallest absolute Gasteiger partial charge is 0.330 e. The average Bonchev–Trinajstić information content (AvgIpc) is 2.61. The Balaban J connectivity index is 2.42. The van der Waals surface area contributed by atoms with E-state index in [4.69, 9.17) is 15.6 Å². The Morgan fingerprint density at radius 3 is 2.61 bits per heavy atom. The fourth-order valence-electron chi connectivity index (χ4n) is 1.80. The molecule has 0 saturated carbocycles. The predicted molar refractivity (Wildman–Crippen MR) is 58.7 cm³/mol. The average molecular weight is 259 g/mol. The Hall–Kier alpha value is -1.68. The molecule has 2 heterocycles. The molecule has 1 aliphatic rings. The van der Waals surface area contributed by atoms with Crippen molar-refractivity contribution in [2.24, 2.45) is 0 Å². The molecule has 0 radical (unpaired) electrons. The number of hydrogen-bond acceptors (Lipinski definition) is 7. The van der Waals surface area contributed by atoms with Gasteiger partial charge in [-0.3, -0.25) is 14.3 Å². The summed E-state index contributed by atoms with van der Waals surface area (Å²) in [6.07, 6.45) is -3.96. The van der Waals surface area contributed by atoms with E-state index in [0.29, 0.717) is 0 Å². The number of nitrogens with two attached hydrogens (primary N) is 1. The first-order chi connectivity index (χ1) is 8.45. The van der Waals surface area contributed by atoms with Gasteiger partial charge >= 0.3 is 5.69 Å². The lowest BCUT2D eigenvalue weighted by Gasteiger charge is -2.17. The van der Waals surface area contributed by atoms with Gasteiger partial charge in [-0.15, -0.1) is 0 Å². The molecule has 9 heteroatoms. The van der Waals surface area contributed by atoms with Crippen LogP contribution in [-0.4, -0.2) is 49.8 Å². The Morgan fingerprint density at radius 1 is 1.39 bits per heavy atom. The van der Waals surface area contributed by atoms with Crippen LogP contribution in [-0.2, 0) is 4.74 Å². The molecular formula is C9H13N3O6. The summed E-state index contributed by atoms with van der Waals surface area (Å²) in [5, 5.41) is 28.2. The van der Waals surface area contributed by atoms with Crippen LogP contribution in [0, 0.1) is 0 Å². The summed E-state index contributed by atoms with van der Waals surface area (Å²) < 4.78 is 5.99. The fraction of sp³-hybridized carbons (Fsp3) is 0.556. The lowest BCUT2D eigenvalue weighted by Crippen LogP contribution is -2.38. The molecule has 2 rings (SSSR count). The van der Waals surface area contributed by atoms with Crippen molar-refractivity contribution in [1.29, 1.82) is 0 Å². The van der Waals surface area contributed by atoms with Crippen LogP contribution in [0.4, 0.5) is 5.69 Å². The number of nitrogens with one attached hydrogen (secondary N) is 1. The van der Waals surface area contributed by atoms with Crippen molar-refractivity contribution < 1.29 is 20.1 Å². The second kappa shape index (κ2) is 4.53. The largest absolute Gasteiger partial charge is 0.394 e. The van der Waals surface area contributed by atoms with E-state index in [1.165, 1.54) is 0 Å². The molecule has 0 aromatic carbocycles. The van der Waals surface area contributed by atoms with Gasteiger partial charge in [0.1, 0.15) is 24.0 Å². The Labute approximate surface area is 100 Å². The monoisotopic (exact) mass is 259 g/mol. The maximum Gasteiger partial charge on any atom is 0.330 e. The zero-order valence-electron chi connectivity index (χ0n) is 9.18. The van der Waals surface area contributed by atoms with E-state index >= 15 is 0 Å². The zero-order valence-corrected chi connectivity index (χ0v) is 9.18. The van der Waals surface area contributed by atoms with E-state index in [9.17, 15) is 19.8 Å². The SMILES string of the molecule is Nc1cn([C@@H]2O[C@@H](CO)[C@@H](O)[C@@H]2O)c(=O)[nH]c1=O. The summed E-state index contributed by atoms with van der Waals surface area (Å²) in [6.45, 7) is -0.512. The molecule has 0 unspecified atom stereocenters. The Kier molecular flexibility index (Phi) is 3.22. The van der Waals surface area contributed by atoms with Gasteiger partial charge in [0.2, 0.25) is 0 Å². The van der Waals surface area contributed by atoms with Gasteiger partial charge in [-0.05, 0) is 0 Å². The van der Waals surface area contributed by atoms with E-state index in [0.717, 1.165) is 10.8 Å². The van der Waals surface area contributed by atoms with Gasteiger partial charge in [0.25, 0.3) is 5.56 Å². The highest BCUT2D eigenvalue weighted by Crippen LogP contribution is 2.27. The van der Waals surface area contributed by atoms with Gasteiger partial charge in [0.05, 0.1) is 6.61 Å². The van der Waals surface area contributed by atoms with Crippen LogP contribution in [0.3, 0.4) is 0 Å². The predicted octanol–water partition coefficient (Wildman–Crippen LogP) is -3.27. The number of nitrogen functional groups attached to an aromatic ring is 1. The van der Waals surface area contributed by atoms with Crippen molar-refractivity contribution in [2.45, 2.75) is 24.5 Å². The quantitative estimate of drug-likeness (QED) is 0.373. The van der Waals surface area contributed by atoms with Crippen molar-refractivity contribution in [3.8, 4) is 0 Å². The van der Waals surface area contributed by atoms with Crippen LogP contribution in [0.25, 0.3) is 0 Å². The minimum atomic E-state index is -1.41. The Bertz CT molecular complexity index is 552. The number of H-pyrrole nitrogens is 1. The van der Waals surface area contributed by atoms with Gasteiger partial charge in [0.15, 0.2) is 6.23 Å². The molecule has 1 aromatic heterocycles. The molecular weight excluding hydrogens is 246 g/mol. The zero-order chi connectivity index (χ0) is 13.4. The summed E-state index contributed by atoms with van der Waals surface area (Å²) in [6, 6.07) is 0. The highest BCUT2D eigenvalue weighted by atomic mass is 16.6.